The highest BCUT2D eigenvalue weighted by molar-refractivity contribution is 5.91. The Hall–Kier alpha value is -3.87. The molecule has 2 heterocycles. The minimum Gasteiger partial charge on any atom is -0.496 e. The lowest BCUT2D eigenvalue weighted by Crippen LogP contribution is -2.05. The number of aromatic nitrogens is 3. The van der Waals surface area contributed by atoms with Gasteiger partial charge in [-0.15, -0.1) is 0 Å². The Morgan fingerprint density at radius 1 is 0.933 bits per heavy atom. The minimum absolute atomic E-state index is 0.542. The molecule has 30 heavy (non-hydrogen) atoms. The Morgan fingerprint density at radius 3 is 2.57 bits per heavy atom. The summed E-state index contributed by atoms with van der Waals surface area (Å²) in [5, 5.41) is 7.43. The van der Waals surface area contributed by atoms with Gasteiger partial charge in [0.05, 0.1) is 30.3 Å². The molecule has 0 saturated heterocycles. The summed E-state index contributed by atoms with van der Waals surface area (Å²) in [6.07, 6.45) is 3.50. The first kappa shape index (κ1) is 19.4. The van der Waals surface area contributed by atoms with Gasteiger partial charge in [0.1, 0.15) is 17.3 Å². The van der Waals surface area contributed by atoms with Crippen molar-refractivity contribution in [2.24, 2.45) is 0 Å². The molecule has 2 N–H and O–H groups in total. The number of ether oxygens (including phenoxy) is 2. The third kappa shape index (κ3) is 4.25. The van der Waals surface area contributed by atoms with Gasteiger partial charge in [-0.05, 0) is 31.2 Å². The monoisotopic (exact) mass is 401 g/mol. The number of hydrogen-bond acceptors (Lipinski definition) is 7. The van der Waals surface area contributed by atoms with Crippen molar-refractivity contribution < 1.29 is 9.47 Å². The fraction of sp³-hybridized carbons (Fsp3) is 0.174. The zero-order chi connectivity index (χ0) is 20.8. The summed E-state index contributed by atoms with van der Waals surface area (Å²) < 4.78 is 11.1. The molecule has 0 bridgehead atoms. The van der Waals surface area contributed by atoms with Crippen LogP contribution >= 0.6 is 0 Å². The Bertz CT molecular complexity index is 1150. The van der Waals surface area contributed by atoms with Crippen LogP contribution in [0.2, 0.25) is 0 Å². The van der Waals surface area contributed by atoms with E-state index in [-0.39, 0.29) is 0 Å². The summed E-state index contributed by atoms with van der Waals surface area (Å²) >= 11 is 0. The molecule has 0 unspecified atom stereocenters. The number of pyridine rings is 1. The van der Waals surface area contributed by atoms with Crippen molar-refractivity contribution in [2.45, 2.75) is 13.5 Å². The molecule has 0 spiro atoms. The van der Waals surface area contributed by atoms with E-state index in [0.717, 1.165) is 33.7 Å². The summed E-state index contributed by atoms with van der Waals surface area (Å²) in [5.41, 5.74) is 2.67. The summed E-state index contributed by atoms with van der Waals surface area (Å²) in [6, 6.07) is 17.5. The van der Waals surface area contributed by atoms with Crippen LogP contribution in [0.15, 0.2) is 67.0 Å². The zero-order valence-corrected chi connectivity index (χ0v) is 16.9. The SMILES string of the molecule is CCOc1ccccc1Nc1nccc2nc(NCc3ccccc3OC)ncc12. The average Bonchev–Trinajstić information content (AvgIpc) is 2.79. The van der Waals surface area contributed by atoms with Crippen LogP contribution in [0.4, 0.5) is 17.5 Å². The number of rotatable bonds is 8. The topological polar surface area (TPSA) is 81.2 Å². The van der Waals surface area contributed by atoms with E-state index in [9.17, 15) is 0 Å². The van der Waals surface area contributed by atoms with Crippen LogP contribution in [0.5, 0.6) is 11.5 Å². The maximum atomic E-state index is 5.69. The normalized spacial score (nSPS) is 10.6. The van der Waals surface area contributed by atoms with Gasteiger partial charge in [0.15, 0.2) is 0 Å². The Labute approximate surface area is 175 Å². The van der Waals surface area contributed by atoms with Crippen LogP contribution in [0.3, 0.4) is 0 Å². The average molecular weight is 401 g/mol. The van der Waals surface area contributed by atoms with E-state index >= 15 is 0 Å². The highest BCUT2D eigenvalue weighted by Crippen LogP contribution is 2.29. The van der Waals surface area contributed by atoms with Gasteiger partial charge in [-0.25, -0.2) is 15.0 Å². The van der Waals surface area contributed by atoms with Gasteiger partial charge in [0.2, 0.25) is 5.95 Å². The number of methoxy groups -OCH3 is 1. The quantitative estimate of drug-likeness (QED) is 0.439. The van der Waals surface area contributed by atoms with Crippen LogP contribution in [0, 0.1) is 0 Å². The summed E-state index contributed by atoms with van der Waals surface area (Å²) in [5.74, 6) is 2.82. The fourth-order valence-corrected chi connectivity index (χ4v) is 3.14. The first-order valence-electron chi connectivity index (χ1n) is 9.75. The number of fused-ring (bicyclic) bond motifs is 1. The van der Waals surface area contributed by atoms with Crippen molar-refractivity contribution in [2.75, 3.05) is 24.4 Å². The highest BCUT2D eigenvalue weighted by Gasteiger charge is 2.10. The van der Waals surface area contributed by atoms with E-state index in [2.05, 4.69) is 25.6 Å². The van der Waals surface area contributed by atoms with E-state index in [0.29, 0.717) is 24.9 Å². The van der Waals surface area contributed by atoms with Gasteiger partial charge < -0.3 is 20.1 Å². The first-order valence-corrected chi connectivity index (χ1v) is 9.75. The molecule has 0 amide bonds. The van der Waals surface area contributed by atoms with Crippen molar-refractivity contribution >= 4 is 28.4 Å². The molecule has 0 saturated carbocycles. The highest BCUT2D eigenvalue weighted by atomic mass is 16.5. The molecule has 0 atom stereocenters. The maximum absolute atomic E-state index is 5.69. The van der Waals surface area contributed by atoms with E-state index in [1.54, 1.807) is 19.5 Å². The van der Waals surface area contributed by atoms with E-state index in [1.165, 1.54) is 0 Å². The molecule has 0 aliphatic carbocycles. The number of anilines is 3. The molecular weight excluding hydrogens is 378 g/mol. The van der Waals surface area contributed by atoms with Gasteiger partial charge in [0, 0.05) is 24.5 Å². The largest absolute Gasteiger partial charge is 0.496 e. The Balaban J connectivity index is 1.56. The maximum Gasteiger partial charge on any atom is 0.223 e. The van der Waals surface area contributed by atoms with Crippen molar-refractivity contribution in [1.29, 1.82) is 0 Å². The van der Waals surface area contributed by atoms with Crippen LogP contribution in [-0.2, 0) is 6.54 Å². The lowest BCUT2D eigenvalue weighted by atomic mass is 10.2. The van der Waals surface area contributed by atoms with Crippen molar-refractivity contribution in [3.8, 4) is 11.5 Å². The van der Waals surface area contributed by atoms with E-state index in [4.69, 9.17) is 9.47 Å². The summed E-state index contributed by atoms with van der Waals surface area (Å²) in [4.78, 5) is 13.6. The molecule has 2 aromatic heterocycles. The molecule has 2 aromatic carbocycles. The first-order chi connectivity index (χ1) is 14.8. The zero-order valence-electron chi connectivity index (χ0n) is 16.9. The third-order valence-electron chi connectivity index (χ3n) is 4.58. The predicted octanol–water partition coefficient (Wildman–Crippen LogP) is 4.79. The molecule has 152 valence electrons. The van der Waals surface area contributed by atoms with Gasteiger partial charge in [0.25, 0.3) is 0 Å². The van der Waals surface area contributed by atoms with Gasteiger partial charge >= 0.3 is 0 Å². The number of nitrogens with one attached hydrogen (secondary N) is 2. The molecular formula is C23H23N5O2. The summed E-state index contributed by atoms with van der Waals surface area (Å²) in [7, 11) is 1.66. The fourth-order valence-electron chi connectivity index (χ4n) is 3.14. The second-order valence-corrected chi connectivity index (χ2v) is 6.51. The molecule has 0 aliphatic rings. The molecule has 0 fully saturated rings. The second-order valence-electron chi connectivity index (χ2n) is 6.51. The third-order valence-corrected chi connectivity index (χ3v) is 4.58. The number of benzene rings is 2. The molecule has 7 nitrogen and oxygen atoms in total. The number of nitrogens with zero attached hydrogens (tertiary/aromatic N) is 3. The van der Waals surface area contributed by atoms with Crippen molar-refractivity contribution in [1.82, 2.24) is 15.0 Å². The van der Waals surface area contributed by atoms with Crippen LogP contribution in [-0.4, -0.2) is 28.7 Å². The van der Waals surface area contributed by atoms with Gasteiger partial charge in [-0.1, -0.05) is 30.3 Å². The van der Waals surface area contributed by atoms with Gasteiger partial charge in [-0.3, -0.25) is 0 Å². The minimum atomic E-state index is 0.542. The van der Waals surface area contributed by atoms with Crippen LogP contribution in [0.25, 0.3) is 10.9 Å². The molecule has 7 heteroatoms. The van der Waals surface area contributed by atoms with E-state index < -0.39 is 0 Å². The lowest BCUT2D eigenvalue weighted by molar-refractivity contribution is 0.342. The lowest BCUT2D eigenvalue weighted by Gasteiger charge is -2.13. The molecule has 0 radical (unpaired) electrons. The van der Waals surface area contributed by atoms with Crippen LogP contribution in [0.1, 0.15) is 12.5 Å². The molecule has 0 aliphatic heterocycles. The standard InChI is InChI=1S/C23H23N5O2/c1-3-30-21-11-7-5-9-19(21)27-22-17-15-26-23(28-18(17)12-13-24-22)25-14-16-8-4-6-10-20(16)29-2/h4-13,15H,3,14H2,1-2H3,(H,24,27)(H,25,26,28). The van der Waals surface area contributed by atoms with Crippen molar-refractivity contribution in [3.05, 3.63) is 72.6 Å². The smallest absolute Gasteiger partial charge is 0.223 e. The second kappa shape index (κ2) is 9.09. The summed E-state index contributed by atoms with van der Waals surface area (Å²) in [6.45, 7) is 3.11. The Morgan fingerprint density at radius 2 is 1.73 bits per heavy atom. The molecule has 4 rings (SSSR count). The number of para-hydroxylation sites is 3. The van der Waals surface area contributed by atoms with E-state index in [1.807, 2.05) is 61.5 Å². The van der Waals surface area contributed by atoms with Gasteiger partial charge in [-0.2, -0.15) is 0 Å². The Kier molecular flexibility index (Phi) is 5.89. The van der Waals surface area contributed by atoms with Crippen LogP contribution < -0.4 is 20.1 Å². The number of hydrogen-bond donors (Lipinski definition) is 2. The van der Waals surface area contributed by atoms with Crippen molar-refractivity contribution in [3.63, 3.8) is 0 Å². The predicted molar refractivity (Wildman–Crippen MR) is 119 cm³/mol. The molecule has 4 aromatic rings.